The Labute approximate surface area is 91.2 Å². The van der Waals surface area contributed by atoms with Crippen molar-refractivity contribution in [2.75, 3.05) is 0 Å². The SMILES string of the molecule is CCn1ccnc1CNC1CC=CCC1. The molecule has 1 aromatic heterocycles. The molecule has 0 aliphatic heterocycles. The summed E-state index contributed by atoms with van der Waals surface area (Å²) in [6.07, 6.45) is 12.1. The Bertz CT molecular complexity index is 327. The summed E-state index contributed by atoms with van der Waals surface area (Å²) in [7, 11) is 0. The van der Waals surface area contributed by atoms with Gasteiger partial charge < -0.3 is 9.88 Å². The van der Waals surface area contributed by atoms with Crippen molar-refractivity contribution < 1.29 is 0 Å². The molecule has 0 bridgehead atoms. The average molecular weight is 205 g/mol. The van der Waals surface area contributed by atoms with Crippen LogP contribution in [0.3, 0.4) is 0 Å². The highest BCUT2D eigenvalue weighted by Gasteiger charge is 2.09. The van der Waals surface area contributed by atoms with Crippen LogP contribution in [0.1, 0.15) is 32.0 Å². The highest BCUT2D eigenvalue weighted by atomic mass is 15.1. The number of imidazole rings is 1. The fourth-order valence-electron chi connectivity index (χ4n) is 2.01. The minimum absolute atomic E-state index is 0.636. The van der Waals surface area contributed by atoms with Crippen molar-refractivity contribution in [2.24, 2.45) is 0 Å². The predicted molar refractivity (Wildman–Crippen MR) is 61.5 cm³/mol. The average Bonchev–Trinajstić information content (AvgIpc) is 2.75. The van der Waals surface area contributed by atoms with E-state index in [0.29, 0.717) is 6.04 Å². The molecule has 1 N–H and O–H groups in total. The van der Waals surface area contributed by atoms with Gasteiger partial charge in [-0.2, -0.15) is 0 Å². The molecule has 1 heterocycles. The van der Waals surface area contributed by atoms with Gasteiger partial charge in [-0.25, -0.2) is 4.98 Å². The summed E-state index contributed by atoms with van der Waals surface area (Å²) in [5.41, 5.74) is 0. The number of nitrogens with zero attached hydrogens (tertiary/aromatic N) is 2. The Morgan fingerprint density at radius 2 is 2.47 bits per heavy atom. The third-order valence-electron chi connectivity index (χ3n) is 2.96. The maximum atomic E-state index is 4.35. The van der Waals surface area contributed by atoms with E-state index in [1.54, 1.807) is 0 Å². The number of nitrogens with one attached hydrogen (secondary N) is 1. The lowest BCUT2D eigenvalue weighted by Gasteiger charge is -2.19. The molecule has 0 fully saturated rings. The first kappa shape index (κ1) is 10.4. The van der Waals surface area contributed by atoms with Gasteiger partial charge in [-0.05, 0) is 26.2 Å². The Morgan fingerprint density at radius 1 is 1.53 bits per heavy atom. The third kappa shape index (κ3) is 2.69. The summed E-state index contributed by atoms with van der Waals surface area (Å²) in [4.78, 5) is 4.35. The van der Waals surface area contributed by atoms with Crippen molar-refractivity contribution in [1.29, 1.82) is 0 Å². The van der Waals surface area contributed by atoms with Gasteiger partial charge in [0.25, 0.3) is 0 Å². The lowest BCUT2D eigenvalue weighted by atomic mass is 10.0. The smallest absolute Gasteiger partial charge is 0.122 e. The van der Waals surface area contributed by atoms with Crippen LogP contribution in [0.2, 0.25) is 0 Å². The van der Waals surface area contributed by atoms with Gasteiger partial charge in [-0.3, -0.25) is 0 Å². The fraction of sp³-hybridized carbons (Fsp3) is 0.583. The molecule has 15 heavy (non-hydrogen) atoms. The van der Waals surface area contributed by atoms with Gasteiger partial charge in [-0.15, -0.1) is 0 Å². The zero-order valence-corrected chi connectivity index (χ0v) is 9.32. The lowest BCUT2D eigenvalue weighted by Crippen LogP contribution is -2.30. The van der Waals surface area contributed by atoms with Crippen molar-refractivity contribution in [3.63, 3.8) is 0 Å². The molecule has 0 saturated carbocycles. The minimum atomic E-state index is 0.636. The normalized spacial score (nSPS) is 20.7. The van der Waals surface area contributed by atoms with Crippen molar-refractivity contribution in [3.8, 4) is 0 Å². The molecule has 3 nitrogen and oxygen atoms in total. The Balaban J connectivity index is 1.84. The van der Waals surface area contributed by atoms with E-state index < -0.39 is 0 Å². The van der Waals surface area contributed by atoms with Gasteiger partial charge in [0.15, 0.2) is 0 Å². The first-order valence-corrected chi connectivity index (χ1v) is 5.78. The molecule has 1 aromatic rings. The topological polar surface area (TPSA) is 29.9 Å². The van der Waals surface area contributed by atoms with Crippen molar-refractivity contribution in [1.82, 2.24) is 14.9 Å². The summed E-state index contributed by atoms with van der Waals surface area (Å²) in [6.45, 7) is 4.04. The number of aromatic nitrogens is 2. The first-order valence-electron chi connectivity index (χ1n) is 5.78. The monoisotopic (exact) mass is 205 g/mol. The van der Waals surface area contributed by atoms with E-state index in [1.165, 1.54) is 12.8 Å². The number of rotatable bonds is 4. The molecule has 82 valence electrons. The largest absolute Gasteiger partial charge is 0.334 e. The minimum Gasteiger partial charge on any atom is -0.334 e. The van der Waals surface area contributed by atoms with Gasteiger partial charge in [-0.1, -0.05) is 12.2 Å². The zero-order chi connectivity index (χ0) is 10.5. The van der Waals surface area contributed by atoms with Crippen LogP contribution in [-0.2, 0) is 13.1 Å². The van der Waals surface area contributed by atoms with Crippen LogP contribution in [0.15, 0.2) is 24.5 Å². The third-order valence-corrected chi connectivity index (χ3v) is 2.96. The quantitative estimate of drug-likeness (QED) is 0.763. The van der Waals surface area contributed by atoms with Crippen LogP contribution in [0, 0.1) is 0 Å². The maximum Gasteiger partial charge on any atom is 0.122 e. The lowest BCUT2D eigenvalue weighted by molar-refractivity contribution is 0.460. The zero-order valence-electron chi connectivity index (χ0n) is 9.32. The number of allylic oxidation sites excluding steroid dienone is 1. The second-order valence-electron chi connectivity index (χ2n) is 3.99. The van der Waals surface area contributed by atoms with Crippen LogP contribution in [-0.4, -0.2) is 15.6 Å². The second-order valence-corrected chi connectivity index (χ2v) is 3.99. The maximum absolute atomic E-state index is 4.35. The molecule has 0 saturated heterocycles. The summed E-state index contributed by atoms with van der Waals surface area (Å²) in [5, 5.41) is 3.56. The van der Waals surface area contributed by atoms with Crippen molar-refractivity contribution >= 4 is 0 Å². The standard InChI is InChI=1S/C12H19N3/c1-2-15-9-8-13-12(15)10-14-11-6-4-3-5-7-11/h3-4,8-9,11,14H,2,5-7,10H2,1H3. The van der Waals surface area contributed by atoms with Crippen LogP contribution < -0.4 is 5.32 Å². The second kappa shape index (κ2) is 5.12. The van der Waals surface area contributed by atoms with E-state index in [4.69, 9.17) is 0 Å². The molecule has 1 aliphatic carbocycles. The molecule has 0 amide bonds. The van der Waals surface area contributed by atoms with Crippen molar-refractivity contribution in [3.05, 3.63) is 30.4 Å². The summed E-state index contributed by atoms with van der Waals surface area (Å²) >= 11 is 0. The van der Waals surface area contributed by atoms with Crippen LogP contribution in [0.5, 0.6) is 0 Å². The highest BCUT2D eigenvalue weighted by molar-refractivity contribution is 4.96. The molecular weight excluding hydrogens is 186 g/mol. The van der Waals surface area contributed by atoms with Crippen molar-refractivity contribution in [2.45, 2.75) is 45.3 Å². The Hall–Kier alpha value is -1.09. The molecule has 0 spiro atoms. The summed E-state index contributed by atoms with van der Waals surface area (Å²) < 4.78 is 2.19. The Kier molecular flexibility index (Phi) is 3.56. The van der Waals surface area contributed by atoms with Crippen LogP contribution >= 0.6 is 0 Å². The van der Waals surface area contributed by atoms with Crippen LogP contribution in [0.25, 0.3) is 0 Å². The van der Waals surface area contributed by atoms with Gasteiger partial charge in [0.1, 0.15) is 5.82 Å². The van der Waals surface area contributed by atoms with E-state index in [0.717, 1.165) is 25.3 Å². The van der Waals surface area contributed by atoms with Gasteiger partial charge in [0, 0.05) is 25.0 Å². The molecule has 1 unspecified atom stereocenters. The molecule has 0 radical (unpaired) electrons. The number of aryl methyl sites for hydroxylation is 1. The molecular formula is C12H19N3. The fourth-order valence-corrected chi connectivity index (χ4v) is 2.01. The van der Waals surface area contributed by atoms with E-state index in [2.05, 4.69) is 33.9 Å². The summed E-state index contributed by atoms with van der Waals surface area (Å²) in [6, 6.07) is 0.636. The van der Waals surface area contributed by atoms with E-state index in [1.807, 2.05) is 12.4 Å². The van der Waals surface area contributed by atoms with Gasteiger partial charge in [0.2, 0.25) is 0 Å². The van der Waals surface area contributed by atoms with E-state index in [9.17, 15) is 0 Å². The van der Waals surface area contributed by atoms with Gasteiger partial charge in [0.05, 0.1) is 6.54 Å². The molecule has 0 aromatic carbocycles. The van der Waals surface area contributed by atoms with E-state index >= 15 is 0 Å². The highest BCUT2D eigenvalue weighted by Crippen LogP contribution is 2.11. The predicted octanol–water partition coefficient (Wildman–Crippen LogP) is 2.10. The van der Waals surface area contributed by atoms with Gasteiger partial charge >= 0.3 is 0 Å². The van der Waals surface area contributed by atoms with Crippen LogP contribution in [0.4, 0.5) is 0 Å². The molecule has 2 rings (SSSR count). The summed E-state index contributed by atoms with van der Waals surface area (Å²) in [5.74, 6) is 1.15. The molecule has 1 aliphatic rings. The molecule has 3 heteroatoms. The van der Waals surface area contributed by atoms with E-state index in [-0.39, 0.29) is 0 Å². The Morgan fingerprint density at radius 3 is 3.20 bits per heavy atom. The molecule has 1 atom stereocenters. The number of hydrogen-bond donors (Lipinski definition) is 1. The number of hydrogen-bond acceptors (Lipinski definition) is 2. The first-order chi connectivity index (χ1) is 7.40.